The molecule has 2 N–H and O–H groups in total. The normalized spacial score (nSPS) is 12.1. The van der Waals surface area contributed by atoms with Gasteiger partial charge in [0.05, 0.1) is 17.8 Å². The van der Waals surface area contributed by atoms with Gasteiger partial charge in [0.15, 0.2) is 6.10 Å². The highest BCUT2D eigenvalue weighted by Crippen LogP contribution is 2.22. The van der Waals surface area contributed by atoms with E-state index in [1.807, 2.05) is 36.4 Å². The van der Waals surface area contributed by atoms with Crippen molar-refractivity contribution in [2.45, 2.75) is 12.6 Å². The number of pyridine rings is 1. The van der Waals surface area contributed by atoms with Crippen LogP contribution in [0.15, 0.2) is 60.7 Å². The second-order valence-corrected chi connectivity index (χ2v) is 5.54. The van der Waals surface area contributed by atoms with Crippen molar-refractivity contribution in [2.75, 3.05) is 0 Å². The van der Waals surface area contributed by atoms with Crippen LogP contribution in [0.1, 0.15) is 17.4 Å². The Morgan fingerprint density at radius 2 is 1.83 bits per heavy atom. The van der Waals surface area contributed by atoms with Crippen LogP contribution < -0.4 is 5.32 Å². The highest BCUT2D eigenvalue weighted by atomic mass is 35.5. The van der Waals surface area contributed by atoms with Crippen LogP contribution in [0.5, 0.6) is 0 Å². The molecule has 0 spiro atoms. The first kappa shape index (κ1) is 15.5. The average Bonchev–Trinajstić information content (AvgIpc) is 2.59. The van der Waals surface area contributed by atoms with E-state index in [1.54, 1.807) is 24.3 Å². The topological polar surface area (TPSA) is 62.2 Å². The maximum atomic E-state index is 12.1. The number of para-hydroxylation sites is 1. The van der Waals surface area contributed by atoms with Crippen molar-refractivity contribution in [3.05, 3.63) is 76.9 Å². The molecule has 5 heteroatoms. The minimum absolute atomic E-state index is 0.241. The number of aliphatic hydroxyl groups is 1. The predicted molar refractivity (Wildman–Crippen MR) is 90.0 cm³/mol. The summed E-state index contributed by atoms with van der Waals surface area (Å²) in [5.41, 5.74) is 1.98. The van der Waals surface area contributed by atoms with Gasteiger partial charge in [0.1, 0.15) is 0 Å². The molecule has 0 saturated carbocycles. The van der Waals surface area contributed by atoms with E-state index in [2.05, 4.69) is 10.3 Å². The zero-order valence-electron chi connectivity index (χ0n) is 12.2. The molecule has 0 saturated heterocycles. The van der Waals surface area contributed by atoms with Gasteiger partial charge in [0.25, 0.3) is 5.91 Å². The van der Waals surface area contributed by atoms with Crippen LogP contribution >= 0.6 is 11.6 Å². The molecule has 0 bridgehead atoms. The van der Waals surface area contributed by atoms with Crippen molar-refractivity contribution in [2.24, 2.45) is 0 Å². The van der Waals surface area contributed by atoms with Crippen molar-refractivity contribution >= 4 is 28.4 Å². The third-order valence-corrected chi connectivity index (χ3v) is 3.89. The predicted octanol–water partition coefficient (Wildman–Crippen LogP) is 3.24. The van der Waals surface area contributed by atoms with Gasteiger partial charge in [-0.2, -0.15) is 0 Å². The molecule has 0 aliphatic heterocycles. The number of halogens is 1. The molecule has 0 radical (unpaired) electrons. The fourth-order valence-corrected chi connectivity index (χ4v) is 2.56. The maximum absolute atomic E-state index is 12.1. The number of carbonyl (C=O) groups excluding carboxylic acids is 1. The van der Waals surface area contributed by atoms with E-state index >= 15 is 0 Å². The van der Waals surface area contributed by atoms with Gasteiger partial charge in [0.2, 0.25) is 0 Å². The lowest BCUT2D eigenvalue weighted by Gasteiger charge is -2.13. The first-order chi connectivity index (χ1) is 11.1. The van der Waals surface area contributed by atoms with Crippen molar-refractivity contribution in [3.8, 4) is 0 Å². The molecule has 1 heterocycles. The Labute approximate surface area is 138 Å². The van der Waals surface area contributed by atoms with E-state index in [9.17, 15) is 9.90 Å². The second kappa shape index (κ2) is 6.77. The largest absolute Gasteiger partial charge is 0.378 e. The number of benzene rings is 2. The first-order valence-corrected chi connectivity index (χ1v) is 7.58. The summed E-state index contributed by atoms with van der Waals surface area (Å²) in [6.07, 6.45) is -1.30. The Bertz CT molecular complexity index is 851. The number of carbonyl (C=O) groups is 1. The SMILES string of the molecule is O=C(NCc1ccc2ccccc2n1)[C@@H](O)c1ccccc1Cl. The molecule has 0 aliphatic rings. The molecule has 4 nitrogen and oxygen atoms in total. The van der Waals surface area contributed by atoms with Crippen LogP contribution in [0.2, 0.25) is 5.02 Å². The van der Waals surface area contributed by atoms with E-state index in [0.717, 1.165) is 16.6 Å². The molecule has 2 aromatic carbocycles. The standard InChI is InChI=1S/C18H15ClN2O2/c19-15-7-3-2-6-14(15)17(22)18(23)20-11-13-10-9-12-5-1-4-8-16(12)21-13/h1-10,17,22H,11H2,(H,20,23)/t17-/m0/s1. The summed E-state index contributed by atoms with van der Waals surface area (Å²) in [5, 5.41) is 14.2. The Morgan fingerprint density at radius 1 is 1.09 bits per heavy atom. The van der Waals surface area contributed by atoms with E-state index < -0.39 is 12.0 Å². The van der Waals surface area contributed by atoms with Crippen LogP contribution in [0, 0.1) is 0 Å². The number of hydrogen-bond acceptors (Lipinski definition) is 3. The number of aromatic nitrogens is 1. The van der Waals surface area contributed by atoms with E-state index in [0.29, 0.717) is 10.6 Å². The highest BCUT2D eigenvalue weighted by Gasteiger charge is 2.19. The van der Waals surface area contributed by atoms with E-state index in [1.165, 1.54) is 0 Å². The molecule has 116 valence electrons. The van der Waals surface area contributed by atoms with Gasteiger partial charge in [-0.3, -0.25) is 9.78 Å². The molecule has 0 unspecified atom stereocenters. The maximum Gasteiger partial charge on any atom is 0.253 e. The number of amides is 1. The Balaban J connectivity index is 1.69. The van der Waals surface area contributed by atoms with Crippen molar-refractivity contribution in [3.63, 3.8) is 0 Å². The molecule has 1 atom stereocenters. The lowest BCUT2D eigenvalue weighted by molar-refractivity contribution is -0.129. The number of aliphatic hydroxyl groups excluding tert-OH is 1. The minimum atomic E-state index is -1.30. The van der Waals surface area contributed by atoms with Crippen LogP contribution in [-0.2, 0) is 11.3 Å². The van der Waals surface area contributed by atoms with Crippen molar-refractivity contribution in [1.29, 1.82) is 0 Å². The van der Waals surface area contributed by atoms with Gasteiger partial charge in [-0.1, -0.05) is 54.1 Å². The number of nitrogens with one attached hydrogen (secondary N) is 1. The van der Waals surface area contributed by atoms with Gasteiger partial charge in [-0.25, -0.2) is 0 Å². The van der Waals surface area contributed by atoms with Crippen molar-refractivity contribution in [1.82, 2.24) is 10.3 Å². The summed E-state index contributed by atoms with van der Waals surface area (Å²) in [4.78, 5) is 16.6. The van der Waals surface area contributed by atoms with Crippen LogP contribution in [0.3, 0.4) is 0 Å². The molecule has 1 amide bonds. The Hall–Kier alpha value is -2.43. The van der Waals surface area contributed by atoms with Crippen molar-refractivity contribution < 1.29 is 9.90 Å². The molecule has 0 aliphatic carbocycles. The number of fused-ring (bicyclic) bond motifs is 1. The molecule has 1 aromatic heterocycles. The molecule has 0 fully saturated rings. The Morgan fingerprint density at radius 3 is 2.65 bits per heavy atom. The van der Waals surface area contributed by atoms with Gasteiger partial charge in [-0.05, 0) is 18.2 Å². The van der Waals surface area contributed by atoms with Crippen LogP contribution in [-0.4, -0.2) is 16.0 Å². The molecule has 23 heavy (non-hydrogen) atoms. The highest BCUT2D eigenvalue weighted by molar-refractivity contribution is 6.31. The summed E-state index contributed by atoms with van der Waals surface area (Å²) < 4.78 is 0. The average molecular weight is 327 g/mol. The quantitative estimate of drug-likeness (QED) is 0.773. The van der Waals surface area contributed by atoms with Crippen LogP contribution in [0.25, 0.3) is 10.9 Å². The van der Waals surface area contributed by atoms with E-state index in [4.69, 9.17) is 11.6 Å². The molecule has 3 rings (SSSR count). The monoisotopic (exact) mass is 326 g/mol. The fourth-order valence-electron chi connectivity index (χ4n) is 2.32. The first-order valence-electron chi connectivity index (χ1n) is 7.20. The second-order valence-electron chi connectivity index (χ2n) is 5.14. The Kier molecular flexibility index (Phi) is 4.55. The number of hydrogen-bond donors (Lipinski definition) is 2. The third kappa shape index (κ3) is 3.50. The minimum Gasteiger partial charge on any atom is -0.378 e. The van der Waals surface area contributed by atoms with Gasteiger partial charge in [-0.15, -0.1) is 0 Å². The van der Waals surface area contributed by atoms with E-state index in [-0.39, 0.29) is 6.54 Å². The lowest BCUT2D eigenvalue weighted by Crippen LogP contribution is -2.29. The molecular weight excluding hydrogens is 312 g/mol. The summed E-state index contributed by atoms with van der Waals surface area (Å²) in [5.74, 6) is -0.506. The zero-order chi connectivity index (χ0) is 16.2. The lowest BCUT2D eigenvalue weighted by atomic mass is 10.1. The van der Waals surface area contributed by atoms with Gasteiger partial charge < -0.3 is 10.4 Å². The number of rotatable bonds is 4. The van der Waals surface area contributed by atoms with Crippen LogP contribution in [0.4, 0.5) is 0 Å². The van der Waals surface area contributed by atoms with Gasteiger partial charge >= 0.3 is 0 Å². The van der Waals surface area contributed by atoms with Gasteiger partial charge in [0, 0.05) is 16.0 Å². The molecular formula is C18H15ClN2O2. The zero-order valence-corrected chi connectivity index (χ0v) is 13.0. The summed E-state index contributed by atoms with van der Waals surface area (Å²) in [7, 11) is 0. The fraction of sp³-hybridized carbons (Fsp3) is 0.111. The third-order valence-electron chi connectivity index (χ3n) is 3.55. The molecule has 3 aromatic rings. The summed E-state index contributed by atoms with van der Waals surface area (Å²) in [6.45, 7) is 0.241. The summed E-state index contributed by atoms with van der Waals surface area (Å²) >= 11 is 5.99. The summed E-state index contributed by atoms with van der Waals surface area (Å²) in [6, 6.07) is 18.3. The number of nitrogens with zero attached hydrogens (tertiary/aromatic N) is 1. The smallest absolute Gasteiger partial charge is 0.253 e.